The minimum Gasteiger partial charge on any atom is -0.354 e. The van der Waals surface area contributed by atoms with Gasteiger partial charge in [0.15, 0.2) is 9.84 Å². The summed E-state index contributed by atoms with van der Waals surface area (Å²) in [4.78, 5) is 10.9. The first-order valence-electron chi connectivity index (χ1n) is 8.75. The summed E-state index contributed by atoms with van der Waals surface area (Å²) in [5, 5.41) is 3.96. The first kappa shape index (κ1) is 18.9. The third kappa shape index (κ3) is 4.86. The Morgan fingerprint density at radius 3 is 2.69 bits per heavy atom. The molecule has 1 atom stereocenters. The molecule has 0 spiro atoms. The molecule has 8 heteroatoms. The fourth-order valence-electron chi connectivity index (χ4n) is 3.19. The molecular weight excluding hydrogens is 372 g/mol. The summed E-state index contributed by atoms with van der Waals surface area (Å²) in [6, 6.07) is 9.58. The predicted octanol–water partition coefficient (Wildman–Crippen LogP) is 2.80. The summed E-state index contributed by atoms with van der Waals surface area (Å²) in [6.07, 6.45) is 3.20. The molecule has 1 saturated heterocycles. The van der Waals surface area contributed by atoms with Crippen LogP contribution in [0.4, 0.5) is 11.8 Å². The average Bonchev–Trinajstić information content (AvgIpc) is 2.97. The van der Waals surface area contributed by atoms with Gasteiger partial charge < -0.3 is 10.2 Å². The molecule has 140 valence electrons. The molecule has 1 fully saturated rings. The fraction of sp³-hybridized carbons (Fsp3) is 0.444. The van der Waals surface area contributed by atoms with Gasteiger partial charge in [-0.2, -0.15) is 4.98 Å². The molecular formula is C18H23ClN4O2S. The van der Waals surface area contributed by atoms with Gasteiger partial charge in [-0.1, -0.05) is 23.7 Å². The first-order valence-corrected chi connectivity index (χ1v) is 11.0. The van der Waals surface area contributed by atoms with Crippen molar-refractivity contribution in [3.05, 3.63) is 47.1 Å². The number of hydrogen-bond acceptors (Lipinski definition) is 6. The highest BCUT2D eigenvalue weighted by Crippen LogP contribution is 2.23. The highest BCUT2D eigenvalue weighted by atomic mass is 35.5. The molecule has 1 aliphatic rings. The summed E-state index contributed by atoms with van der Waals surface area (Å²) in [5.74, 6) is 1.77. The normalized spacial score (nSPS) is 18.6. The smallest absolute Gasteiger partial charge is 0.224 e. The summed E-state index contributed by atoms with van der Waals surface area (Å²) in [6.45, 7) is 3.43. The van der Waals surface area contributed by atoms with Gasteiger partial charge in [-0.15, -0.1) is 0 Å². The molecule has 2 aromatic rings. The van der Waals surface area contributed by atoms with Crippen molar-refractivity contribution in [2.45, 2.75) is 25.8 Å². The van der Waals surface area contributed by atoms with Crippen LogP contribution in [-0.4, -0.2) is 49.0 Å². The second-order valence-electron chi connectivity index (χ2n) is 6.38. The van der Waals surface area contributed by atoms with Crippen LogP contribution in [0.1, 0.15) is 18.9 Å². The Hall–Kier alpha value is -1.86. The van der Waals surface area contributed by atoms with Gasteiger partial charge in [-0.05, 0) is 43.5 Å². The molecule has 3 rings (SSSR count). The summed E-state index contributed by atoms with van der Waals surface area (Å²) in [7, 11) is -2.93. The van der Waals surface area contributed by atoms with Crippen molar-refractivity contribution in [3.63, 3.8) is 0 Å². The van der Waals surface area contributed by atoms with Crippen LogP contribution in [0.5, 0.6) is 0 Å². The lowest BCUT2D eigenvalue weighted by atomic mass is 10.1. The van der Waals surface area contributed by atoms with Gasteiger partial charge in [0.25, 0.3) is 0 Å². The molecule has 1 aromatic carbocycles. The maximum atomic E-state index is 11.8. The van der Waals surface area contributed by atoms with Gasteiger partial charge in [0.05, 0.1) is 11.5 Å². The van der Waals surface area contributed by atoms with E-state index in [2.05, 4.69) is 20.2 Å². The molecule has 1 N–H and O–H groups in total. The zero-order chi connectivity index (χ0) is 18.6. The number of aromatic nitrogens is 2. The van der Waals surface area contributed by atoms with Crippen LogP contribution in [0, 0.1) is 0 Å². The quantitative estimate of drug-likeness (QED) is 0.778. The lowest BCUT2D eigenvalue weighted by Gasteiger charge is -2.28. The molecule has 1 aromatic heterocycles. The number of benzene rings is 1. The van der Waals surface area contributed by atoms with Gasteiger partial charge in [0.1, 0.15) is 5.82 Å². The number of sulfone groups is 1. The molecule has 0 bridgehead atoms. The van der Waals surface area contributed by atoms with Gasteiger partial charge in [-0.3, -0.25) is 0 Å². The highest BCUT2D eigenvalue weighted by molar-refractivity contribution is 7.91. The van der Waals surface area contributed by atoms with Gasteiger partial charge in [0, 0.05) is 30.4 Å². The van der Waals surface area contributed by atoms with Crippen molar-refractivity contribution in [3.8, 4) is 0 Å². The summed E-state index contributed by atoms with van der Waals surface area (Å²) < 4.78 is 23.6. The fourth-order valence-corrected chi connectivity index (χ4v) is 5.05. The number of nitrogens with zero attached hydrogens (tertiary/aromatic N) is 3. The Bertz CT molecular complexity index is 843. The lowest BCUT2D eigenvalue weighted by Crippen LogP contribution is -2.36. The Morgan fingerprint density at radius 1 is 1.27 bits per heavy atom. The van der Waals surface area contributed by atoms with Crippen molar-refractivity contribution in [2.24, 2.45) is 0 Å². The minimum absolute atomic E-state index is 0.0122. The van der Waals surface area contributed by atoms with Crippen molar-refractivity contribution in [1.82, 2.24) is 9.97 Å². The molecule has 0 saturated carbocycles. The van der Waals surface area contributed by atoms with Crippen molar-refractivity contribution < 1.29 is 8.42 Å². The first-order chi connectivity index (χ1) is 12.5. The Balaban J connectivity index is 1.62. The Labute approximate surface area is 159 Å². The van der Waals surface area contributed by atoms with Crippen molar-refractivity contribution in [1.29, 1.82) is 0 Å². The third-order valence-electron chi connectivity index (χ3n) is 4.54. The van der Waals surface area contributed by atoms with Gasteiger partial charge >= 0.3 is 0 Å². The maximum absolute atomic E-state index is 11.8. The van der Waals surface area contributed by atoms with Gasteiger partial charge in [-0.25, -0.2) is 13.4 Å². The van der Waals surface area contributed by atoms with Crippen LogP contribution < -0.4 is 10.2 Å². The van der Waals surface area contributed by atoms with Crippen LogP contribution in [0.15, 0.2) is 36.5 Å². The topological polar surface area (TPSA) is 75.2 Å². The number of hydrogen-bond donors (Lipinski definition) is 1. The standard InChI is InChI=1S/C18H23ClN4O2S/c1-2-23(16-9-12-26(24,25)13-16)17-8-11-21-18(22-17)20-10-7-14-3-5-15(19)6-4-14/h3-6,8,11,16H,2,7,9-10,12-13H2,1H3,(H,20,21,22). The van der Waals surface area contributed by atoms with E-state index in [1.807, 2.05) is 37.3 Å². The van der Waals surface area contributed by atoms with E-state index in [1.165, 1.54) is 5.56 Å². The molecule has 0 amide bonds. The molecule has 6 nitrogen and oxygen atoms in total. The van der Waals surface area contributed by atoms with Crippen LogP contribution in [0.2, 0.25) is 5.02 Å². The van der Waals surface area contributed by atoms with E-state index in [0.717, 1.165) is 17.3 Å². The number of halogens is 1. The van der Waals surface area contributed by atoms with Crippen molar-refractivity contribution in [2.75, 3.05) is 34.8 Å². The second-order valence-corrected chi connectivity index (χ2v) is 9.05. The molecule has 26 heavy (non-hydrogen) atoms. The number of nitrogens with one attached hydrogen (secondary N) is 1. The van der Waals surface area contributed by atoms with E-state index in [-0.39, 0.29) is 17.5 Å². The Morgan fingerprint density at radius 2 is 2.04 bits per heavy atom. The lowest BCUT2D eigenvalue weighted by molar-refractivity contribution is 0.599. The summed E-state index contributed by atoms with van der Waals surface area (Å²) >= 11 is 5.90. The highest BCUT2D eigenvalue weighted by Gasteiger charge is 2.32. The minimum atomic E-state index is -2.93. The molecule has 2 heterocycles. The molecule has 0 radical (unpaired) electrons. The molecule has 1 aliphatic heterocycles. The van der Waals surface area contributed by atoms with E-state index in [0.29, 0.717) is 25.5 Å². The van der Waals surface area contributed by atoms with E-state index >= 15 is 0 Å². The molecule has 1 unspecified atom stereocenters. The number of rotatable bonds is 7. The van der Waals surface area contributed by atoms with E-state index < -0.39 is 9.84 Å². The maximum Gasteiger partial charge on any atom is 0.224 e. The second kappa shape index (κ2) is 8.22. The zero-order valence-electron chi connectivity index (χ0n) is 14.7. The Kier molecular flexibility index (Phi) is 5.98. The molecule has 0 aliphatic carbocycles. The zero-order valence-corrected chi connectivity index (χ0v) is 16.3. The third-order valence-corrected chi connectivity index (χ3v) is 6.54. The van der Waals surface area contributed by atoms with E-state index in [9.17, 15) is 8.42 Å². The van der Waals surface area contributed by atoms with Crippen molar-refractivity contribution >= 4 is 33.2 Å². The van der Waals surface area contributed by atoms with Gasteiger partial charge in [0.2, 0.25) is 5.95 Å². The van der Waals surface area contributed by atoms with E-state index in [4.69, 9.17) is 11.6 Å². The van der Waals surface area contributed by atoms with E-state index in [1.54, 1.807) is 6.20 Å². The largest absolute Gasteiger partial charge is 0.354 e. The van der Waals surface area contributed by atoms with Crippen LogP contribution in [0.25, 0.3) is 0 Å². The van der Waals surface area contributed by atoms with Crippen LogP contribution in [0.3, 0.4) is 0 Å². The summed E-state index contributed by atoms with van der Waals surface area (Å²) in [5.41, 5.74) is 1.18. The average molecular weight is 395 g/mol. The van der Waals surface area contributed by atoms with Crippen LogP contribution in [-0.2, 0) is 16.3 Å². The van der Waals surface area contributed by atoms with Crippen LogP contribution >= 0.6 is 11.6 Å². The monoisotopic (exact) mass is 394 g/mol. The SMILES string of the molecule is CCN(c1ccnc(NCCc2ccc(Cl)cc2)n1)C1CCS(=O)(=O)C1. The number of anilines is 2. The predicted molar refractivity (Wildman–Crippen MR) is 106 cm³/mol.